The van der Waals surface area contributed by atoms with E-state index in [0.717, 1.165) is 34.4 Å². The molecular formula is C17H16N4. The summed E-state index contributed by atoms with van der Waals surface area (Å²) in [5, 5.41) is 1.07. The molecular weight excluding hydrogens is 260 g/mol. The Balaban J connectivity index is 2.16. The molecule has 0 fully saturated rings. The van der Waals surface area contributed by atoms with Gasteiger partial charge in [-0.15, -0.1) is 6.42 Å². The Labute approximate surface area is 123 Å². The van der Waals surface area contributed by atoms with Gasteiger partial charge in [-0.3, -0.25) is 4.98 Å². The highest BCUT2D eigenvalue weighted by atomic mass is 15.1. The van der Waals surface area contributed by atoms with E-state index in [-0.39, 0.29) is 0 Å². The summed E-state index contributed by atoms with van der Waals surface area (Å²) in [5.74, 6) is 4.15. The van der Waals surface area contributed by atoms with E-state index in [4.69, 9.17) is 12.2 Å². The van der Waals surface area contributed by atoms with Crippen LogP contribution in [0, 0.1) is 12.3 Å². The first kappa shape index (κ1) is 13.2. The van der Waals surface area contributed by atoms with Crippen LogP contribution in [0.2, 0.25) is 0 Å². The first-order valence-corrected chi connectivity index (χ1v) is 6.88. The van der Waals surface area contributed by atoms with Crippen LogP contribution in [0.1, 0.15) is 12.7 Å². The average molecular weight is 276 g/mol. The number of nitrogens with zero attached hydrogens (tertiary/aromatic N) is 3. The van der Waals surface area contributed by atoms with Crippen LogP contribution in [0.15, 0.2) is 36.5 Å². The summed E-state index contributed by atoms with van der Waals surface area (Å²) in [6.07, 6.45) is 7.99. The lowest BCUT2D eigenvalue weighted by atomic mass is 10.1. The van der Waals surface area contributed by atoms with Gasteiger partial charge in [0, 0.05) is 23.6 Å². The van der Waals surface area contributed by atoms with Gasteiger partial charge in [0.2, 0.25) is 0 Å². The molecule has 3 aromatic rings. The number of nitrogens with two attached hydrogens (primary N) is 1. The molecule has 0 spiro atoms. The van der Waals surface area contributed by atoms with Crippen LogP contribution < -0.4 is 5.73 Å². The molecule has 0 radical (unpaired) electrons. The lowest BCUT2D eigenvalue weighted by Gasteiger charge is -2.04. The Morgan fingerprint density at radius 3 is 2.95 bits per heavy atom. The van der Waals surface area contributed by atoms with Gasteiger partial charge in [0.25, 0.3) is 0 Å². The van der Waals surface area contributed by atoms with E-state index < -0.39 is 0 Å². The third-order valence-corrected chi connectivity index (χ3v) is 3.53. The number of terminal acetylenes is 1. The van der Waals surface area contributed by atoms with Gasteiger partial charge in [0.1, 0.15) is 17.3 Å². The minimum absolute atomic E-state index is 0.442. The molecule has 21 heavy (non-hydrogen) atoms. The number of fused-ring (bicyclic) bond motifs is 1. The Hall–Kier alpha value is -2.80. The van der Waals surface area contributed by atoms with Crippen molar-refractivity contribution in [1.82, 2.24) is 14.5 Å². The summed E-state index contributed by atoms with van der Waals surface area (Å²) in [5.41, 5.74) is 8.96. The van der Waals surface area contributed by atoms with Crippen molar-refractivity contribution in [3.8, 4) is 23.6 Å². The van der Waals surface area contributed by atoms with Crippen molar-refractivity contribution in [2.24, 2.45) is 0 Å². The minimum atomic E-state index is 0.442. The number of pyridine rings is 1. The second-order valence-electron chi connectivity index (χ2n) is 4.82. The van der Waals surface area contributed by atoms with Crippen LogP contribution in [0.4, 0.5) is 5.82 Å². The number of hydrogen-bond acceptors (Lipinski definition) is 3. The van der Waals surface area contributed by atoms with Crippen molar-refractivity contribution in [3.05, 3.63) is 42.4 Å². The zero-order chi connectivity index (χ0) is 14.8. The molecule has 0 aliphatic rings. The van der Waals surface area contributed by atoms with Gasteiger partial charge >= 0.3 is 0 Å². The molecule has 104 valence electrons. The molecule has 0 unspecified atom stereocenters. The highest BCUT2D eigenvalue weighted by Gasteiger charge is 2.14. The van der Waals surface area contributed by atoms with Crippen molar-refractivity contribution < 1.29 is 0 Å². The normalized spacial score (nSPS) is 10.7. The molecule has 0 saturated carbocycles. The number of rotatable bonds is 3. The molecule has 0 amide bonds. The first-order valence-electron chi connectivity index (χ1n) is 6.88. The first-order chi connectivity index (χ1) is 10.2. The summed E-state index contributed by atoms with van der Waals surface area (Å²) in [7, 11) is 0. The fourth-order valence-electron chi connectivity index (χ4n) is 2.49. The molecule has 0 bridgehead atoms. The maximum Gasteiger partial charge on any atom is 0.132 e. The van der Waals surface area contributed by atoms with Crippen LogP contribution >= 0.6 is 0 Å². The van der Waals surface area contributed by atoms with Crippen molar-refractivity contribution in [2.45, 2.75) is 19.9 Å². The molecule has 1 aromatic carbocycles. The van der Waals surface area contributed by atoms with Gasteiger partial charge in [-0.2, -0.15) is 0 Å². The molecule has 4 nitrogen and oxygen atoms in total. The molecule has 0 aliphatic carbocycles. The van der Waals surface area contributed by atoms with E-state index in [9.17, 15) is 0 Å². The summed E-state index contributed by atoms with van der Waals surface area (Å²) in [4.78, 5) is 8.97. The maximum absolute atomic E-state index is 6.23. The highest BCUT2D eigenvalue weighted by molar-refractivity contribution is 5.85. The van der Waals surface area contributed by atoms with E-state index in [1.165, 1.54) is 0 Å². The lowest BCUT2D eigenvalue weighted by Crippen LogP contribution is -2.05. The Kier molecular flexibility index (Phi) is 3.33. The number of anilines is 1. The van der Waals surface area contributed by atoms with Crippen molar-refractivity contribution in [1.29, 1.82) is 0 Å². The number of aromatic nitrogens is 3. The Morgan fingerprint density at radius 2 is 2.19 bits per heavy atom. The van der Waals surface area contributed by atoms with Crippen molar-refractivity contribution >= 4 is 16.7 Å². The fourth-order valence-corrected chi connectivity index (χ4v) is 2.49. The average Bonchev–Trinajstić information content (AvgIpc) is 2.84. The number of aryl methyl sites for hydroxylation is 1. The minimum Gasteiger partial charge on any atom is -0.383 e. The maximum atomic E-state index is 6.23. The zero-order valence-electron chi connectivity index (χ0n) is 11.9. The van der Waals surface area contributed by atoms with Crippen LogP contribution in [0.3, 0.4) is 0 Å². The van der Waals surface area contributed by atoms with Crippen molar-refractivity contribution in [3.63, 3.8) is 0 Å². The van der Waals surface area contributed by atoms with E-state index in [0.29, 0.717) is 12.4 Å². The van der Waals surface area contributed by atoms with Crippen LogP contribution in [0.25, 0.3) is 22.2 Å². The molecule has 2 aromatic heterocycles. The largest absolute Gasteiger partial charge is 0.383 e. The van der Waals surface area contributed by atoms with E-state index >= 15 is 0 Å². The second-order valence-corrected chi connectivity index (χ2v) is 4.82. The predicted molar refractivity (Wildman–Crippen MR) is 85.6 cm³/mol. The van der Waals surface area contributed by atoms with Crippen LogP contribution in [0.5, 0.6) is 0 Å². The number of benzene rings is 1. The smallest absolute Gasteiger partial charge is 0.132 e. The quantitative estimate of drug-likeness (QED) is 0.748. The highest BCUT2D eigenvalue weighted by Crippen LogP contribution is 2.28. The summed E-state index contributed by atoms with van der Waals surface area (Å²) in [6, 6.07) is 9.98. The summed E-state index contributed by atoms with van der Waals surface area (Å²) < 4.78 is 1.89. The SMILES string of the molecule is C#CCn1c(CC)nc(-c2ccc3ncccc3c2)c1N. The van der Waals surface area contributed by atoms with Crippen molar-refractivity contribution in [2.75, 3.05) is 5.73 Å². The molecule has 2 N–H and O–H groups in total. The predicted octanol–water partition coefficient (Wildman–Crippen LogP) is 2.88. The van der Waals surface area contributed by atoms with Crippen LogP contribution in [-0.4, -0.2) is 14.5 Å². The summed E-state index contributed by atoms with van der Waals surface area (Å²) >= 11 is 0. The summed E-state index contributed by atoms with van der Waals surface area (Å²) in [6.45, 7) is 2.49. The van der Waals surface area contributed by atoms with Gasteiger partial charge < -0.3 is 10.3 Å². The molecule has 2 heterocycles. The zero-order valence-corrected chi connectivity index (χ0v) is 11.9. The van der Waals surface area contributed by atoms with Gasteiger partial charge in [-0.25, -0.2) is 4.98 Å². The molecule has 3 rings (SSSR count). The van der Waals surface area contributed by atoms with E-state index in [1.54, 1.807) is 6.20 Å². The lowest BCUT2D eigenvalue weighted by molar-refractivity contribution is 0.769. The Bertz CT molecular complexity index is 840. The molecule has 0 aliphatic heterocycles. The molecule has 0 saturated heterocycles. The van der Waals surface area contributed by atoms with Gasteiger partial charge in [-0.1, -0.05) is 25.0 Å². The van der Waals surface area contributed by atoms with Gasteiger partial charge in [-0.05, 0) is 18.2 Å². The molecule has 0 atom stereocenters. The van der Waals surface area contributed by atoms with Gasteiger partial charge in [0.15, 0.2) is 0 Å². The molecule has 4 heteroatoms. The number of hydrogen-bond donors (Lipinski definition) is 1. The van der Waals surface area contributed by atoms with E-state index in [1.807, 2.05) is 35.8 Å². The standard InChI is InChI=1S/C17H16N4/c1-3-10-21-15(4-2)20-16(17(21)18)13-7-8-14-12(11-13)6-5-9-19-14/h1,5-9,11H,4,10,18H2,2H3. The monoisotopic (exact) mass is 276 g/mol. The third-order valence-electron chi connectivity index (χ3n) is 3.53. The Morgan fingerprint density at radius 1 is 1.33 bits per heavy atom. The number of nitrogen functional groups attached to an aromatic ring is 1. The van der Waals surface area contributed by atoms with Gasteiger partial charge in [0.05, 0.1) is 12.1 Å². The topological polar surface area (TPSA) is 56.7 Å². The van der Waals surface area contributed by atoms with E-state index in [2.05, 4.69) is 22.0 Å². The number of imidazole rings is 1. The van der Waals surface area contributed by atoms with Crippen LogP contribution in [-0.2, 0) is 13.0 Å². The second kappa shape index (κ2) is 5.29. The fraction of sp³-hybridized carbons (Fsp3) is 0.176. The third kappa shape index (κ3) is 2.23.